The lowest BCUT2D eigenvalue weighted by Gasteiger charge is -2.40. The Kier molecular flexibility index (Phi) is 5.75. The number of hydrogen-bond acceptors (Lipinski definition) is 7. The summed E-state index contributed by atoms with van der Waals surface area (Å²) in [6, 6.07) is 0. The number of rotatable bonds is 5. The highest BCUT2D eigenvalue weighted by molar-refractivity contribution is 7.11. The third-order valence-electron chi connectivity index (χ3n) is 5.83. The van der Waals surface area contributed by atoms with Crippen LogP contribution in [0.2, 0.25) is 0 Å². The van der Waals surface area contributed by atoms with Crippen LogP contribution in [-0.2, 0) is 29.5 Å². The molecule has 2 aliphatic rings. The molecule has 2 aromatic rings. The van der Waals surface area contributed by atoms with Crippen molar-refractivity contribution in [2.24, 2.45) is 7.05 Å². The van der Waals surface area contributed by atoms with E-state index in [1.54, 1.807) is 11.3 Å². The topological polar surface area (TPSA) is 76.4 Å². The van der Waals surface area contributed by atoms with Gasteiger partial charge in [0.2, 0.25) is 5.91 Å². The predicted molar refractivity (Wildman–Crippen MR) is 106 cm³/mol. The van der Waals surface area contributed by atoms with Gasteiger partial charge >= 0.3 is 0 Å². The average molecular weight is 405 g/mol. The van der Waals surface area contributed by atoms with E-state index in [0.29, 0.717) is 26.1 Å². The number of aromatic nitrogens is 4. The molecule has 2 aliphatic heterocycles. The second kappa shape index (κ2) is 8.26. The Morgan fingerprint density at radius 2 is 2.07 bits per heavy atom. The third kappa shape index (κ3) is 4.42. The summed E-state index contributed by atoms with van der Waals surface area (Å²) in [6.45, 7) is 6.63. The largest absolute Gasteiger partial charge is 0.373 e. The Hall–Kier alpha value is -1.84. The number of ether oxygens (including phenoxy) is 1. The maximum Gasteiger partial charge on any atom is 0.225 e. The zero-order valence-corrected chi connectivity index (χ0v) is 17.5. The summed E-state index contributed by atoms with van der Waals surface area (Å²) in [5.74, 6) is 1.29. The summed E-state index contributed by atoms with van der Waals surface area (Å²) < 4.78 is 8.33. The zero-order valence-electron chi connectivity index (χ0n) is 16.6. The van der Waals surface area contributed by atoms with Crippen molar-refractivity contribution in [3.63, 3.8) is 0 Å². The normalized spacial score (nSPS) is 20.6. The van der Waals surface area contributed by atoms with Gasteiger partial charge in [-0.15, -0.1) is 10.2 Å². The summed E-state index contributed by atoms with van der Waals surface area (Å²) in [6.07, 6.45) is 7.07. The second-order valence-electron chi connectivity index (χ2n) is 7.78. The number of carbonyl (C=O) groups excluding carboxylic acids is 1. The first-order valence-corrected chi connectivity index (χ1v) is 10.7. The smallest absolute Gasteiger partial charge is 0.225 e. The minimum Gasteiger partial charge on any atom is -0.373 e. The summed E-state index contributed by atoms with van der Waals surface area (Å²) in [7, 11) is 2.04. The fraction of sp³-hybridized carbons (Fsp3) is 0.684. The van der Waals surface area contributed by atoms with E-state index in [1.165, 1.54) is 0 Å². The van der Waals surface area contributed by atoms with E-state index < -0.39 is 0 Å². The number of aryl methyl sites for hydroxylation is 2. The van der Waals surface area contributed by atoms with E-state index in [2.05, 4.69) is 24.6 Å². The summed E-state index contributed by atoms with van der Waals surface area (Å²) in [5.41, 5.74) is -0.303. The van der Waals surface area contributed by atoms with Crippen LogP contribution in [0.1, 0.15) is 35.1 Å². The van der Waals surface area contributed by atoms with Crippen LogP contribution in [-0.4, -0.2) is 73.8 Å². The maximum atomic E-state index is 12.9. The second-order valence-corrected chi connectivity index (χ2v) is 9.05. The van der Waals surface area contributed by atoms with Gasteiger partial charge in [-0.2, -0.15) is 0 Å². The zero-order chi connectivity index (χ0) is 19.6. The van der Waals surface area contributed by atoms with Crippen LogP contribution in [0.15, 0.2) is 12.4 Å². The molecule has 1 spiro atoms. The Labute approximate surface area is 169 Å². The first-order valence-electron chi connectivity index (χ1n) is 9.92. The van der Waals surface area contributed by atoms with E-state index in [0.717, 1.165) is 54.7 Å². The monoisotopic (exact) mass is 404 g/mol. The molecule has 2 saturated heterocycles. The molecule has 4 rings (SSSR count). The lowest BCUT2D eigenvalue weighted by Crippen LogP contribution is -2.47. The molecule has 8 nitrogen and oxygen atoms in total. The Balaban J connectivity index is 1.30. The highest BCUT2D eigenvalue weighted by atomic mass is 32.1. The van der Waals surface area contributed by atoms with E-state index in [1.807, 2.05) is 31.3 Å². The Bertz CT molecular complexity index is 811. The number of piperidine rings is 1. The lowest BCUT2D eigenvalue weighted by atomic mass is 9.87. The highest BCUT2D eigenvalue weighted by Gasteiger charge is 2.40. The maximum absolute atomic E-state index is 12.9. The van der Waals surface area contributed by atoms with Gasteiger partial charge in [-0.3, -0.25) is 4.79 Å². The van der Waals surface area contributed by atoms with Gasteiger partial charge in [0.15, 0.2) is 0 Å². The molecule has 0 N–H and O–H groups in total. The average Bonchev–Trinajstić information content (AvgIpc) is 3.24. The minimum atomic E-state index is -0.303. The van der Waals surface area contributed by atoms with E-state index in [-0.39, 0.29) is 11.5 Å². The fourth-order valence-electron chi connectivity index (χ4n) is 4.07. The van der Waals surface area contributed by atoms with Crippen molar-refractivity contribution < 1.29 is 9.53 Å². The van der Waals surface area contributed by atoms with Crippen molar-refractivity contribution in [2.75, 3.05) is 32.8 Å². The van der Waals surface area contributed by atoms with Gasteiger partial charge in [0, 0.05) is 52.0 Å². The Morgan fingerprint density at radius 3 is 2.75 bits per heavy atom. The standard InChI is InChI=1S/C19H28N6O2S/c1-15-21-22-17(28-15)14-25-11-12-27-19(13-18(25)26)4-8-24(9-5-19)7-3-16-20-6-10-23(16)2/h6,10H,3-5,7-9,11-14H2,1-2H3. The van der Waals surface area contributed by atoms with Crippen molar-refractivity contribution in [3.05, 3.63) is 28.2 Å². The molecule has 0 aliphatic carbocycles. The first kappa shape index (κ1) is 19.5. The molecular formula is C19H28N6O2S. The molecule has 28 heavy (non-hydrogen) atoms. The van der Waals surface area contributed by atoms with Crippen LogP contribution in [0.3, 0.4) is 0 Å². The summed E-state index contributed by atoms with van der Waals surface area (Å²) >= 11 is 1.55. The molecule has 4 heterocycles. The molecule has 152 valence electrons. The van der Waals surface area contributed by atoms with Gasteiger partial charge in [-0.25, -0.2) is 4.98 Å². The lowest BCUT2D eigenvalue weighted by molar-refractivity contribution is -0.136. The van der Waals surface area contributed by atoms with Crippen molar-refractivity contribution in [1.29, 1.82) is 0 Å². The van der Waals surface area contributed by atoms with Crippen molar-refractivity contribution >= 4 is 17.2 Å². The van der Waals surface area contributed by atoms with Crippen molar-refractivity contribution in [1.82, 2.24) is 29.5 Å². The molecule has 0 saturated carbocycles. The Morgan fingerprint density at radius 1 is 1.25 bits per heavy atom. The molecule has 1 amide bonds. The van der Waals surface area contributed by atoms with Gasteiger partial charge in [0.1, 0.15) is 15.8 Å². The molecule has 9 heteroatoms. The molecule has 0 atom stereocenters. The van der Waals surface area contributed by atoms with Crippen LogP contribution in [0.25, 0.3) is 0 Å². The number of amides is 1. The van der Waals surface area contributed by atoms with Gasteiger partial charge < -0.3 is 19.1 Å². The third-order valence-corrected chi connectivity index (χ3v) is 6.65. The summed E-state index contributed by atoms with van der Waals surface area (Å²) in [4.78, 5) is 21.6. The van der Waals surface area contributed by atoms with E-state index in [9.17, 15) is 4.79 Å². The molecule has 0 unspecified atom stereocenters. The SMILES string of the molecule is Cc1nnc(CN2CCOC3(CCN(CCc4nccn4C)CC3)CC2=O)s1. The van der Waals surface area contributed by atoms with Crippen LogP contribution in [0.5, 0.6) is 0 Å². The predicted octanol–water partition coefficient (Wildman–Crippen LogP) is 1.41. The van der Waals surface area contributed by atoms with Gasteiger partial charge in [0.25, 0.3) is 0 Å². The number of carbonyl (C=O) groups is 1. The van der Waals surface area contributed by atoms with Gasteiger partial charge in [-0.1, -0.05) is 11.3 Å². The highest BCUT2D eigenvalue weighted by Crippen LogP contribution is 2.32. The molecule has 0 bridgehead atoms. The van der Waals surface area contributed by atoms with E-state index >= 15 is 0 Å². The van der Waals surface area contributed by atoms with Gasteiger partial charge in [0.05, 0.1) is 25.2 Å². The molecule has 0 radical (unpaired) electrons. The van der Waals surface area contributed by atoms with E-state index in [4.69, 9.17) is 4.74 Å². The number of hydrogen-bond donors (Lipinski definition) is 0. The van der Waals surface area contributed by atoms with Crippen molar-refractivity contribution in [3.8, 4) is 0 Å². The molecule has 2 aromatic heterocycles. The van der Waals surface area contributed by atoms with Crippen LogP contribution in [0.4, 0.5) is 0 Å². The summed E-state index contributed by atoms with van der Waals surface area (Å²) in [5, 5.41) is 10.0. The molecule has 2 fully saturated rings. The molecular weight excluding hydrogens is 376 g/mol. The quantitative estimate of drug-likeness (QED) is 0.750. The minimum absolute atomic E-state index is 0.173. The number of imidazole rings is 1. The first-order chi connectivity index (χ1) is 13.5. The van der Waals surface area contributed by atoms with Crippen LogP contribution < -0.4 is 0 Å². The van der Waals surface area contributed by atoms with Crippen LogP contribution in [0, 0.1) is 6.92 Å². The number of nitrogens with zero attached hydrogens (tertiary/aromatic N) is 6. The van der Waals surface area contributed by atoms with Gasteiger partial charge in [-0.05, 0) is 19.8 Å². The van der Waals surface area contributed by atoms with Crippen LogP contribution >= 0.6 is 11.3 Å². The molecule has 0 aromatic carbocycles. The van der Waals surface area contributed by atoms with Crippen molar-refractivity contribution in [2.45, 2.75) is 44.8 Å². The fourth-order valence-corrected chi connectivity index (χ4v) is 4.79. The number of likely N-dealkylation sites (tertiary alicyclic amines) is 1.